The second-order valence-electron chi connectivity index (χ2n) is 7.77. The van der Waals surface area contributed by atoms with Crippen molar-refractivity contribution in [2.75, 3.05) is 18.4 Å². The van der Waals surface area contributed by atoms with Crippen molar-refractivity contribution < 1.29 is 19.1 Å². The summed E-state index contributed by atoms with van der Waals surface area (Å²) >= 11 is 0. The fourth-order valence-corrected chi connectivity index (χ4v) is 3.90. The number of carbonyl (C=O) groups is 3. The third-order valence-corrected chi connectivity index (χ3v) is 5.58. The van der Waals surface area contributed by atoms with E-state index in [2.05, 4.69) is 10.3 Å². The Labute approximate surface area is 180 Å². The molecule has 1 aromatic heterocycles. The molecule has 1 aliphatic heterocycles. The molecule has 7 heteroatoms. The first-order chi connectivity index (χ1) is 15.0. The van der Waals surface area contributed by atoms with Crippen LogP contribution in [0, 0.1) is 5.92 Å². The van der Waals surface area contributed by atoms with Gasteiger partial charge in [0.15, 0.2) is 6.10 Å². The number of nitrogens with zero attached hydrogens (tertiary/aromatic N) is 1. The molecule has 2 heterocycles. The van der Waals surface area contributed by atoms with Gasteiger partial charge in [-0.15, -0.1) is 0 Å². The number of hydrogen-bond acceptors (Lipinski definition) is 4. The van der Waals surface area contributed by atoms with Gasteiger partial charge >= 0.3 is 12.0 Å². The SMILES string of the molecule is CC(OC(=O)C1CCCN(C(=O)Nc2ccccc2)C1)C(=O)c1c[nH]c2ccccc12. The predicted octanol–water partition coefficient (Wildman–Crippen LogP) is 4.23. The number of para-hydroxylation sites is 2. The lowest BCUT2D eigenvalue weighted by atomic mass is 9.98. The normalized spacial score (nSPS) is 17.2. The van der Waals surface area contributed by atoms with E-state index in [1.54, 1.807) is 18.0 Å². The van der Waals surface area contributed by atoms with Crippen LogP contribution in [0.3, 0.4) is 0 Å². The van der Waals surface area contributed by atoms with E-state index in [1.165, 1.54) is 0 Å². The fourth-order valence-electron chi connectivity index (χ4n) is 3.90. The lowest BCUT2D eigenvalue weighted by Crippen LogP contribution is -2.45. The zero-order valence-corrected chi connectivity index (χ0v) is 17.3. The standard InChI is InChI=1S/C24H25N3O4/c1-16(22(28)20-14-25-21-12-6-5-11-19(20)21)31-23(29)17-8-7-13-27(15-17)24(30)26-18-9-3-2-4-10-18/h2-6,9-12,14,16-17,25H,7-8,13,15H2,1H3,(H,26,30). The maximum Gasteiger partial charge on any atom is 0.321 e. The smallest absolute Gasteiger partial charge is 0.321 e. The number of nitrogens with one attached hydrogen (secondary N) is 2. The number of aromatic nitrogens is 1. The minimum absolute atomic E-state index is 0.244. The van der Waals surface area contributed by atoms with Crippen molar-refractivity contribution in [2.24, 2.45) is 5.92 Å². The number of amides is 2. The zero-order chi connectivity index (χ0) is 21.8. The van der Waals surface area contributed by atoms with E-state index in [0.717, 1.165) is 10.9 Å². The molecule has 1 saturated heterocycles. The van der Waals surface area contributed by atoms with Crippen LogP contribution < -0.4 is 5.32 Å². The van der Waals surface area contributed by atoms with Crippen molar-refractivity contribution >= 4 is 34.4 Å². The molecule has 2 atom stereocenters. The van der Waals surface area contributed by atoms with Gasteiger partial charge in [-0.3, -0.25) is 9.59 Å². The van der Waals surface area contributed by atoms with Gasteiger partial charge in [-0.2, -0.15) is 0 Å². The Morgan fingerprint density at radius 1 is 1.10 bits per heavy atom. The number of ether oxygens (including phenoxy) is 1. The molecule has 0 spiro atoms. The van der Waals surface area contributed by atoms with E-state index in [-0.39, 0.29) is 18.4 Å². The van der Waals surface area contributed by atoms with Gasteiger partial charge in [0.25, 0.3) is 0 Å². The Morgan fingerprint density at radius 2 is 1.84 bits per heavy atom. The Morgan fingerprint density at radius 3 is 2.65 bits per heavy atom. The number of anilines is 1. The van der Waals surface area contributed by atoms with E-state index in [0.29, 0.717) is 30.6 Å². The number of esters is 1. The summed E-state index contributed by atoms with van der Waals surface area (Å²) in [6, 6.07) is 16.4. The van der Waals surface area contributed by atoms with Crippen LogP contribution >= 0.6 is 0 Å². The number of fused-ring (bicyclic) bond motifs is 1. The van der Waals surface area contributed by atoms with Crippen molar-refractivity contribution in [3.63, 3.8) is 0 Å². The fraction of sp³-hybridized carbons (Fsp3) is 0.292. The first kappa shape index (κ1) is 20.7. The van der Waals surface area contributed by atoms with Crippen LogP contribution in [-0.4, -0.2) is 46.9 Å². The quantitative estimate of drug-likeness (QED) is 0.478. The van der Waals surface area contributed by atoms with Crippen molar-refractivity contribution in [2.45, 2.75) is 25.9 Å². The molecule has 2 aromatic carbocycles. The summed E-state index contributed by atoms with van der Waals surface area (Å²) in [5, 5.41) is 3.65. The highest BCUT2D eigenvalue weighted by molar-refractivity contribution is 6.10. The molecule has 0 bridgehead atoms. The topological polar surface area (TPSA) is 91.5 Å². The number of likely N-dealkylation sites (tertiary alicyclic amines) is 1. The van der Waals surface area contributed by atoms with Crippen LogP contribution in [0.5, 0.6) is 0 Å². The van der Waals surface area contributed by atoms with Crippen LogP contribution in [-0.2, 0) is 9.53 Å². The minimum Gasteiger partial charge on any atom is -0.454 e. The number of rotatable bonds is 5. The second-order valence-corrected chi connectivity index (χ2v) is 7.77. The molecule has 2 unspecified atom stereocenters. The average molecular weight is 419 g/mol. The van der Waals surface area contributed by atoms with Crippen LogP contribution in [0.15, 0.2) is 60.8 Å². The Kier molecular flexibility index (Phi) is 6.02. The summed E-state index contributed by atoms with van der Waals surface area (Å²) in [6.45, 7) is 2.43. The van der Waals surface area contributed by atoms with Crippen molar-refractivity contribution in [3.8, 4) is 0 Å². The summed E-state index contributed by atoms with van der Waals surface area (Å²) in [4.78, 5) is 42.8. The van der Waals surface area contributed by atoms with Gasteiger partial charge < -0.3 is 19.9 Å². The molecule has 0 aliphatic carbocycles. The van der Waals surface area contributed by atoms with E-state index >= 15 is 0 Å². The number of hydrogen-bond donors (Lipinski definition) is 2. The highest BCUT2D eigenvalue weighted by Gasteiger charge is 2.32. The number of carbonyl (C=O) groups excluding carboxylic acids is 3. The third-order valence-electron chi connectivity index (χ3n) is 5.58. The largest absolute Gasteiger partial charge is 0.454 e. The molecule has 31 heavy (non-hydrogen) atoms. The monoisotopic (exact) mass is 419 g/mol. The van der Waals surface area contributed by atoms with Gasteiger partial charge in [0.1, 0.15) is 0 Å². The molecule has 2 amide bonds. The number of piperidine rings is 1. The molecule has 7 nitrogen and oxygen atoms in total. The zero-order valence-electron chi connectivity index (χ0n) is 17.3. The molecule has 3 aromatic rings. The van der Waals surface area contributed by atoms with Crippen LogP contribution in [0.4, 0.5) is 10.5 Å². The summed E-state index contributed by atoms with van der Waals surface area (Å²) in [5.74, 6) is -1.15. The third kappa shape index (κ3) is 4.60. The summed E-state index contributed by atoms with van der Waals surface area (Å²) in [7, 11) is 0. The van der Waals surface area contributed by atoms with E-state index in [1.807, 2.05) is 54.6 Å². The highest BCUT2D eigenvalue weighted by Crippen LogP contribution is 2.23. The van der Waals surface area contributed by atoms with Crippen LogP contribution in [0.25, 0.3) is 10.9 Å². The highest BCUT2D eigenvalue weighted by atomic mass is 16.5. The molecule has 1 aliphatic rings. The predicted molar refractivity (Wildman–Crippen MR) is 118 cm³/mol. The van der Waals surface area contributed by atoms with E-state index in [4.69, 9.17) is 4.74 Å². The molecule has 2 N–H and O–H groups in total. The Bertz CT molecular complexity index is 1090. The van der Waals surface area contributed by atoms with Gasteiger partial charge in [0.05, 0.1) is 5.92 Å². The van der Waals surface area contributed by atoms with Crippen LogP contribution in [0.2, 0.25) is 0 Å². The number of benzene rings is 2. The molecule has 4 rings (SSSR count). The van der Waals surface area contributed by atoms with Crippen molar-refractivity contribution in [1.82, 2.24) is 9.88 Å². The first-order valence-electron chi connectivity index (χ1n) is 10.4. The number of aromatic amines is 1. The minimum atomic E-state index is -0.903. The van der Waals surface area contributed by atoms with Crippen LogP contribution in [0.1, 0.15) is 30.1 Å². The Balaban J connectivity index is 1.36. The lowest BCUT2D eigenvalue weighted by Gasteiger charge is -2.32. The summed E-state index contributed by atoms with van der Waals surface area (Å²) in [5.41, 5.74) is 2.07. The summed E-state index contributed by atoms with van der Waals surface area (Å²) in [6.07, 6.45) is 2.07. The number of Topliss-reactive ketones (excluding diaryl/α,β-unsaturated/α-hetero) is 1. The van der Waals surface area contributed by atoms with E-state index in [9.17, 15) is 14.4 Å². The molecule has 0 radical (unpaired) electrons. The maximum atomic E-state index is 12.8. The number of ketones is 1. The van der Waals surface area contributed by atoms with Gasteiger partial charge in [-0.1, -0.05) is 36.4 Å². The Hall–Kier alpha value is -3.61. The molecule has 1 fully saturated rings. The van der Waals surface area contributed by atoms with Crippen molar-refractivity contribution in [1.29, 1.82) is 0 Å². The number of urea groups is 1. The first-order valence-corrected chi connectivity index (χ1v) is 10.4. The van der Waals surface area contributed by atoms with Gasteiger partial charge in [0.2, 0.25) is 5.78 Å². The maximum absolute atomic E-state index is 12.8. The number of H-pyrrole nitrogens is 1. The molecular formula is C24H25N3O4. The molecular weight excluding hydrogens is 394 g/mol. The summed E-state index contributed by atoms with van der Waals surface area (Å²) < 4.78 is 5.51. The van der Waals surface area contributed by atoms with Gasteiger partial charge in [-0.25, -0.2) is 4.79 Å². The molecule has 0 saturated carbocycles. The molecule has 160 valence electrons. The second kappa shape index (κ2) is 9.04. The van der Waals surface area contributed by atoms with Gasteiger partial charge in [0, 0.05) is 41.4 Å². The van der Waals surface area contributed by atoms with Gasteiger partial charge in [-0.05, 0) is 38.0 Å². The van der Waals surface area contributed by atoms with Crippen molar-refractivity contribution in [3.05, 3.63) is 66.4 Å². The lowest BCUT2D eigenvalue weighted by molar-refractivity contribution is -0.152. The average Bonchev–Trinajstić information content (AvgIpc) is 3.23. The van der Waals surface area contributed by atoms with E-state index < -0.39 is 18.0 Å².